The Morgan fingerprint density at radius 3 is 2.79 bits per heavy atom. The minimum atomic E-state index is -0.857. The molecule has 2 saturated heterocycles. The van der Waals surface area contributed by atoms with Crippen LogP contribution in [0.4, 0.5) is 10.5 Å². The lowest BCUT2D eigenvalue weighted by molar-refractivity contribution is -0.0303. The molecule has 33 heavy (non-hydrogen) atoms. The molecular weight excluding hydrogens is 418 g/mol. The largest absolute Gasteiger partial charge is 0.465 e. The molecule has 8 nitrogen and oxygen atoms in total. The number of fused-ring (bicyclic) bond motifs is 1. The number of nitrogens with zero attached hydrogens (tertiary/aromatic N) is 5. The van der Waals surface area contributed by atoms with Gasteiger partial charge in [0, 0.05) is 61.6 Å². The van der Waals surface area contributed by atoms with Gasteiger partial charge in [-0.25, -0.2) is 4.79 Å². The highest BCUT2D eigenvalue weighted by Gasteiger charge is 2.38. The highest BCUT2D eigenvalue weighted by atomic mass is 16.5. The Morgan fingerprint density at radius 1 is 1.30 bits per heavy atom. The van der Waals surface area contributed by atoms with Crippen LogP contribution in [0.25, 0.3) is 10.9 Å². The Morgan fingerprint density at radius 2 is 2.09 bits per heavy atom. The second-order valence-electron chi connectivity index (χ2n) is 10.1. The number of ether oxygens (including phenoxy) is 1. The molecule has 1 unspecified atom stereocenters. The molecule has 8 heteroatoms. The highest BCUT2D eigenvalue weighted by Crippen LogP contribution is 2.31. The molecule has 0 saturated carbocycles. The first kappa shape index (κ1) is 23.3. The maximum absolute atomic E-state index is 11.9. The van der Waals surface area contributed by atoms with Crippen LogP contribution in [-0.2, 0) is 4.74 Å². The van der Waals surface area contributed by atoms with Crippen LogP contribution in [0.3, 0.4) is 0 Å². The molecule has 4 rings (SSSR count). The predicted octanol–water partition coefficient (Wildman–Crippen LogP) is 3.55. The molecule has 2 fully saturated rings. The van der Waals surface area contributed by atoms with Crippen LogP contribution in [0.1, 0.15) is 39.7 Å². The van der Waals surface area contributed by atoms with Gasteiger partial charge in [0.05, 0.1) is 23.3 Å². The van der Waals surface area contributed by atoms with Gasteiger partial charge in [0.2, 0.25) is 0 Å². The fourth-order valence-electron chi connectivity index (χ4n) is 5.33. The number of amides is 1. The summed E-state index contributed by atoms with van der Waals surface area (Å²) < 4.78 is 6.29. The van der Waals surface area contributed by atoms with Crippen molar-refractivity contribution in [2.75, 3.05) is 37.6 Å². The number of likely N-dealkylation sites (tertiary alicyclic amines) is 1. The van der Waals surface area contributed by atoms with E-state index in [2.05, 4.69) is 27.8 Å². The molecule has 0 aliphatic carbocycles. The molecule has 2 aliphatic heterocycles. The van der Waals surface area contributed by atoms with Crippen molar-refractivity contribution in [3.05, 3.63) is 36.0 Å². The zero-order valence-electron chi connectivity index (χ0n) is 19.9. The molecule has 176 valence electrons. The Hall–Kier alpha value is -2.89. The summed E-state index contributed by atoms with van der Waals surface area (Å²) >= 11 is 0. The maximum atomic E-state index is 11.9. The van der Waals surface area contributed by atoms with E-state index >= 15 is 0 Å². The maximum Gasteiger partial charge on any atom is 0.408 e. The first-order valence-corrected chi connectivity index (χ1v) is 11.6. The number of aromatic nitrogens is 1. The fourth-order valence-corrected chi connectivity index (χ4v) is 5.33. The summed E-state index contributed by atoms with van der Waals surface area (Å²) in [6.45, 7) is 11.8. The number of hydrogen-bond donors (Lipinski definition) is 1. The third-order valence-electron chi connectivity index (χ3n) is 6.54. The van der Waals surface area contributed by atoms with E-state index in [-0.39, 0.29) is 18.2 Å². The summed E-state index contributed by atoms with van der Waals surface area (Å²) in [7, 11) is 0. The number of hydrogen-bond acceptors (Lipinski definition) is 6. The van der Waals surface area contributed by atoms with Crippen molar-refractivity contribution in [1.29, 1.82) is 5.26 Å². The van der Waals surface area contributed by atoms with E-state index < -0.39 is 11.6 Å². The summed E-state index contributed by atoms with van der Waals surface area (Å²) in [5.74, 6) is 0. The third-order valence-corrected chi connectivity index (χ3v) is 6.54. The van der Waals surface area contributed by atoms with E-state index in [0.717, 1.165) is 55.7 Å². The van der Waals surface area contributed by atoms with Crippen molar-refractivity contribution in [2.45, 2.75) is 57.9 Å². The minimum absolute atomic E-state index is 0.00633. The van der Waals surface area contributed by atoms with Crippen LogP contribution >= 0.6 is 0 Å². The van der Waals surface area contributed by atoms with Gasteiger partial charge < -0.3 is 14.7 Å². The average Bonchev–Trinajstić information content (AvgIpc) is 3.18. The molecule has 2 aliphatic rings. The minimum Gasteiger partial charge on any atom is -0.465 e. The first-order chi connectivity index (χ1) is 15.7. The van der Waals surface area contributed by atoms with Gasteiger partial charge in [0.1, 0.15) is 6.07 Å². The molecule has 0 spiro atoms. The Bertz CT molecular complexity index is 1060. The molecule has 1 amide bonds. The monoisotopic (exact) mass is 451 g/mol. The molecule has 1 N–H and O–H groups in total. The molecule has 3 atom stereocenters. The molecule has 2 aromatic rings. The van der Waals surface area contributed by atoms with E-state index in [4.69, 9.17) is 4.74 Å². The zero-order chi connectivity index (χ0) is 23.8. The molecule has 3 heterocycles. The molecule has 1 aromatic heterocycles. The Kier molecular flexibility index (Phi) is 6.46. The smallest absolute Gasteiger partial charge is 0.408 e. The standard InChI is InChI=1S/C25H33N5O3/c1-17-13-29(22-8-7-18(12-26)23-21(22)6-5-10-27-23)16-20(33-17)15-28-11-9-19(14-28)30(24(31)32)25(2,3)4/h5-8,10,17,19-20H,9,11,13-16H2,1-4H3,(H,31,32)/t17-,19?,20+/m1/s1. The number of rotatable bonds is 4. The predicted molar refractivity (Wildman–Crippen MR) is 127 cm³/mol. The van der Waals surface area contributed by atoms with Crippen LogP contribution in [0, 0.1) is 11.3 Å². The number of carboxylic acid groups (broad SMARTS) is 1. The van der Waals surface area contributed by atoms with Gasteiger partial charge in [-0.05, 0) is 58.4 Å². The van der Waals surface area contributed by atoms with Crippen molar-refractivity contribution >= 4 is 22.7 Å². The van der Waals surface area contributed by atoms with Gasteiger partial charge in [-0.1, -0.05) is 0 Å². The van der Waals surface area contributed by atoms with Crippen LogP contribution in [0.2, 0.25) is 0 Å². The summed E-state index contributed by atoms with van der Waals surface area (Å²) in [6, 6.07) is 10.0. The lowest BCUT2D eigenvalue weighted by atomic mass is 10.0. The molecule has 0 radical (unpaired) electrons. The number of anilines is 1. The SMILES string of the molecule is C[C@@H]1CN(c2ccc(C#N)c3ncccc23)C[C@H](CN2CCC(N(C(=O)O)C(C)(C)C)C2)O1. The van der Waals surface area contributed by atoms with Gasteiger partial charge in [-0.2, -0.15) is 5.26 Å². The van der Waals surface area contributed by atoms with E-state index in [9.17, 15) is 15.2 Å². The first-order valence-electron chi connectivity index (χ1n) is 11.6. The topological polar surface area (TPSA) is 92.9 Å². The summed E-state index contributed by atoms with van der Waals surface area (Å²) in [4.78, 5) is 22.6. The van der Waals surface area contributed by atoms with Crippen LogP contribution in [0.5, 0.6) is 0 Å². The number of benzene rings is 1. The van der Waals surface area contributed by atoms with E-state index in [1.54, 1.807) is 11.1 Å². The van der Waals surface area contributed by atoms with Crippen molar-refractivity contribution in [3.8, 4) is 6.07 Å². The van der Waals surface area contributed by atoms with Gasteiger partial charge in [-0.3, -0.25) is 14.8 Å². The van der Waals surface area contributed by atoms with Gasteiger partial charge in [-0.15, -0.1) is 0 Å². The number of carbonyl (C=O) groups is 1. The normalized spacial score (nSPS) is 24.1. The van der Waals surface area contributed by atoms with E-state index in [0.29, 0.717) is 5.56 Å². The van der Waals surface area contributed by atoms with Crippen LogP contribution in [-0.4, -0.2) is 82.5 Å². The van der Waals surface area contributed by atoms with Crippen LogP contribution < -0.4 is 4.90 Å². The van der Waals surface area contributed by atoms with Crippen molar-refractivity contribution in [1.82, 2.24) is 14.8 Å². The summed E-state index contributed by atoms with van der Waals surface area (Å²) in [5.41, 5.74) is 1.95. The summed E-state index contributed by atoms with van der Waals surface area (Å²) in [5, 5.41) is 20.2. The quantitative estimate of drug-likeness (QED) is 0.760. The van der Waals surface area contributed by atoms with Gasteiger partial charge in [0.15, 0.2) is 0 Å². The Balaban J connectivity index is 1.48. The van der Waals surface area contributed by atoms with Gasteiger partial charge >= 0.3 is 6.09 Å². The molecule has 0 bridgehead atoms. The Labute approximate surface area is 195 Å². The van der Waals surface area contributed by atoms with Gasteiger partial charge in [0.25, 0.3) is 0 Å². The van der Waals surface area contributed by atoms with E-state index in [1.807, 2.05) is 45.0 Å². The van der Waals surface area contributed by atoms with Crippen molar-refractivity contribution < 1.29 is 14.6 Å². The number of morpholine rings is 1. The number of pyridine rings is 1. The van der Waals surface area contributed by atoms with Crippen LogP contribution in [0.15, 0.2) is 30.5 Å². The van der Waals surface area contributed by atoms with E-state index in [1.165, 1.54) is 0 Å². The second-order valence-corrected chi connectivity index (χ2v) is 10.1. The average molecular weight is 452 g/mol. The number of nitriles is 1. The zero-order valence-corrected chi connectivity index (χ0v) is 19.9. The lowest BCUT2D eigenvalue weighted by Gasteiger charge is -2.40. The second kappa shape index (κ2) is 9.16. The molecule has 1 aromatic carbocycles. The third kappa shape index (κ3) is 4.90. The summed E-state index contributed by atoms with van der Waals surface area (Å²) in [6.07, 6.45) is 1.78. The lowest BCUT2D eigenvalue weighted by Crippen LogP contribution is -2.53. The fraction of sp³-hybridized carbons (Fsp3) is 0.560. The molecular formula is C25H33N5O3. The highest BCUT2D eigenvalue weighted by molar-refractivity contribution is 5.95. The van der Waals surface area contributed by atoms with Crippen molar-refractivity contribution in [3.63, 3.8) is 0 Å². The van der Waals surface area contributed by atoms with Crippen molar-refractivity contribution in [2.24, 2.45) is 0 Å².